The summed E-state index contributed by atoms with van der Waals surface area (Å²) in [7, 11) is 0. The van der Waals surface area contributed by atoms with Gasteiger partial charge in [-0.1, -0.05) is 6.07 Å². The quantitative estimate of drug-likeness (QED) is 0.528. The number of aryl methyl sites for hydroxylation is 1. The second kappa shape index (κ2) is 2.69. The van der Waals surface area contributed by atoms with Crippen LogP contribution in [0.15, 0.2) is 6.07 Å². The van der Waals surface area contributed by atoms with Gasteiger partial charge in [0, 0.05) is 0 Å². The van der Waals surface area contributed by atoms with Crippen molar-refractivity contribution >= 4 is 0 Å². The molecule has 0 saturated heterocycles. The van der Waals surface area contributed by atoms with E-state index in [2.05, 4.69) is 27.7 Å². The van der Waals surface area contributed by atoms with Gasteiger partial charge in [0.15, 0.2) is 0 Å². The van der Waals surface area contributed by atoms with Crippen molar-refractivity contribution in [3.8, 4) is 0 Å². The van der Waals surface area contributed by atoms with Gasteiger partial charge in [0.1, 0.15) is 0 Å². The Morgan fingerprint density at radius 1 is 0.909 bits per heavy atom. The van der Waals surface area contributed by atoms with Crippen LogP contribution in [0.4, 0.5) is 0 Å². The standard InChI is InChI=1S/C11H14/c1-7-6-8(2)10(4)11(5)9(7)3/h1,6H,2-5H3. The third kappa shape index (κ3) is 1.30. The summed E-state index contributed by atoms with van der Waals surface area (Å²) < 4.78 is 0. The van der Waals surface area contributed by atoms with Crippen LogP contribution in [0.1, 0.15) is 27.8 Å². The Kier molecular flexibility index (Phi) is 2.03. The molecule has 58 valence electrons. The van der Waals surface area contributed by atoms with E-state index in [1.54, 1.807) is 0 Å². The minimum Gasteiger partial charge on any atom is -0.0552 e. The van der Waals surface area contributed by atoms with Crippen molar-refractivity contribution in [3.63, 3.8) is 0 Å². The van der Waals surface area contributed by atoms with E-state index in [-0.39, 0.29) is 0 Å². The predicted octanol–water partition coefficient (Wildman–Crippen LogP) is 2.98. The second-order valence-electron chi connectivity index (χ2n) is 3.16. The van der Waals surface area contributed by atoms with E-state index in [1.165, 1.54) is 22.3 Å². The van der Waals surface area contributed by atoms with Crippen LogP contribution in [0.25, 0.3) is 0 Å². The first kappa shape index (κ1) is 8.32. The van der Waals surface area contributed by atoms with Crippen LogP contribution in [0.2, 0.25) is 0 Å². The molecule has 0 unspecified atom stereocenters. The molecule has 0 aliphatic rings. The smallest absolute Gasteiger partial charge is 0.000902 e. The number of hydrogen-bond acceptors (Lipinski definition) is 0. The molecule has 1 rings (SSSR count). The average Bonchev–Trinajstić information content (AvgIpc) is 1.97. The highest BCUT2D eigenvalue weighted by Gasteiger charge is 2.02. The molecule has 0 atom stereocenters. The van der Waals surface area contributed by atoms with E-state index >= 15 is 0 Å². The molecular weight excluding hydrogens is 132 g/mol. The fourth-order valence-electron chi connectivity index (χ4n) is 1.24. The van der Waals surface area contributed by atoms with E-state index in [1.807, 2.05) is 6.07 Å². The lowest BCUT2D eigenvalue weighted by molar-refractivity contribution is 1.20. The van der Waals surface area contributed by atoms with E-state index in [0.717, 1.165) is 5.56 Å². The molecule has 0 heterocycles. The molecule has 0 spiro atoms. The molecule has 0 saturated carbocycles. The van der Waals surface area contributed by atoms with Gasteiger partial charge in [-0.25, -0.2) is 0 Å². The molecule has 0 fully saturated rings. The van der Waals surface area contributed by atoms with Gasteiger partial charge in [0.2, 0.25) is 0 Å². The molecule has 0 aliphatic heterocycles. The summed E-state index contributed by atoms with van der Waals surface area (Å²) in [5.74, 6) is 0. The molecule has 0 N–H and O–H groups in total. The SMILES string of the molecule is [CH]c1cc(C)c(C)c(C)c1C. The lowest BCUT2D eigenvalue weighted by atomic mass is 9.96. The third-order valence-electron chi connectivity index (χ3n) is 2.52. The van der Waals surface area contributed by atoms with E-state index < -0.39 is 0 Å². The molecule has 0 nitrogen and oxygen atoms in total. The molecular formula is C11H14. The lowest BCUT2D eigenvalue weighted by Crippen LogP contribution is -1.93. The molecule has 1 aromatic carbocycles. The summed E-state index contributed by atoms with van der Waals surface area (Å²) in [6.45, 7) is 14.2. The Labute approximate surface area is 69.3 Å². The minimum absolute atomic E-state index is 0.908. The molecule has 1 aromatic rings. The first-order chi connectivity index (χ1) is 5.04. The summed E-state index contributed by atoms with van der Waals surface area (Å²) in [6.07, 6.45) is 0. The zero-order valence-electron chi connectivity index (χ0n) is 7.65. The van der Waals surface area contributed by atoms with Gasteiger partial charge in [-0.05, 0) is 62.4 Å². The van der Waals surface area contributed by atoms with Crippen molar-refractivity contribution in [2.75, 3.05) is 0 Å². The van der Waals surface area contributed by atoms with Gasteiger partial charge in [-0.15, -0.1) is 0 Å². The first-order valence-electron chi connectivity index (χ1n) is 3.87. The Hall–Kier alpha value is -0.780. The van der Waals surface area contributed by atoms with E-state index in [9.17, 15) is 0 Å². The van der Waals surface area contributed by atoms with Crippen LogP contribution in [-0.4, -0.2) is 0 Å². The predicted molar refractivity (Wildman–Crippen MR) is 48.8 cm³/mol. The van der Waals surface area contributed by atoms with Gasteiger partial charge in [-0.2, -0.15) is 0 Å². The summed E-state index contributed by atoms with van der Waals surface area (Å²) >= 11 is 0. The highest BCUT2D eigenvalue weighted by atomic mass is 14.1. The molecule has 0 aromatic heterocycles. The molecule has 0 heteroatoms. The van der Waals surface area contributed by atoms with Crippen molar-refractivity contribution in [3.05, 3.63) is 40.8 Å². The Morgan fingerprint density at radius 3 is 2.00 bits per heavy atom. The lowest BCUT2D eigenvalue weighted by Gasteiger charge is -2.10. The summed E-state index contributed by atoms with van der Waals surface area (Å²) in [6, 6.07) is 2.04. The second-order valence-corrected chi connectivity index (χ2v) is 3.16. The van der Waals surface area contributed by atoms with Crippen LogP contribution < -0.4 is 0 Å². The van der Waals surface area contributed by atoms with Crippen LogP contribution in [0.3, 0.4) is 0 Å². The zero-order valence-corrected chi connectivity index (χ0v) is 7.65. The van der Waals surface area contributed by atoms with Crippen molar-refractivity contribution in [2.45, 2.75) is 27.7 Å². The number of benzene rings is 1. The van der Waals surface area contributed by atoms with Crippen LogP contribution in [0, 0.1) is 34.6 Å². The van der Waals surface area contributed by atoms with Crippen LogP contribution in [0.5, 0.6) is 0 Å². The maximum atomic E-state index is 5.79. The fourth-order valence-corrected chi connectivity index (χ4v) is 1.24. The molecule has 0 amide bonds. The number of rotatable bonds is 0. The Morgan fingerprint density at radius 2 is 1.45 bits per heavy atom. The highest BCUT2D eigenvalue weighted by molar-refractivity contribution is 5.44. The average molecular weight is 146 g/mol. The van der Waals surface area contributed by atoms with E-state index in [4.69, 9.17) is 6.92 Å². The maximum Gasteiger partial charge on any atom is -0.000902 e. The third-order valence-corrected chi connectivity index (χ3v) is 2.52. The Balaban J connectivity index is 3.46. The normalized spacial score (nSPS) is 10.3. The van der Waals surface area contributed by atoms with Crippen molar-refractivity contribution in [1.29, 1.82) is 0 Å². The van der Waals surface area contributed by atoms with Gasteiger partial charge in [0.25, 0.3) is 0 Å². The molecule has 0 aliphatic carbocycles. The van der Waals surface area contributed by atoms with Crippen LogP contribution >= 0.6 is 0 Å². The van der Waals surface area contributed by atoms with Gasteiger partial charge >= 0.3 is 0 Å². The van der Waals surface area contributed by atoms with Gasteiger partial charge in [-0.3, -0.25) is 0 Å². The molecule has 2 radical (unpaired) electrons. The first-order valence-corrected chi connectivity index (χ1v) is 3.87. The number of hydrogen-bond donors (Lipinski definition) is 0. The van der Waals surface area contributed by atoms with Crippen LogP contribution in [-0.2, 0) is 0 Å². The fraction of sp³-hybridized carbons (Fsp3) is 0.364. The highest BCUT2D eigenvalue weighted by Crippen LogP contribution is 2.19. The van der Waals surface area contributed by atoms with Crippen molar-refractivity contribution in [2.24, 2.45) is 0 Å². The van der Waals surface area contributed by atoms with E-state index in [0.29, 0.717) is 0 Å². The Bertz CT molecular complexity index is 256. The maximum absolute atomic E-state index is 5.79. The topological polar surface area (TPSA) is 0 Å². The summed E-state index contributed by atoms with van der Waals surface area (Å²) in [5, 5.41) is 0. The zero-order chi connectivity index (χ0) is 8.59. The van der Waals surface area contributed by atoms with Gasteiger partial charge < -0.3 is 0 Å². The summed E-state index contributed by atoms with van der Waals surface area (Å²) in [5.41, 5.74) is 6.09. The minimum atomic E-state index is 0.908. The van der Waals surface area contributed by atoms with Gasteiger partial charge in [0.05, 0.1) is 0 Å². The van der Waals surface area contributed by atoms with Crippen molar-refractivity contribution in [1.82, 2.24) is 0 Å². The summed E-state index contributed by atoms with van der Waals surface area (Å²) in [4.78, 5) is 0. The van der Waals surface area contributed by atoms with Crippen molar-refractivity contribution < 1.29 is 0 Å². The molecule has 0 bridgehead atoms. The largest absolute Gasteiger partial charge is 0.0552 e. The molecule has 11 heavy (non-hydrogen) atoms. The monoisotopic (exact) mass is 146 g/mol.